The minimum atomic E-state index is -0.513. The summed E-state index contributed by atoms with van der Waals surface area (Å²) in [7, 11) is 1.58. The zero-order valence-electron chi connectivity index (χ0n) is 9.19. The number of aromatic nitrogens is 1. The summed E-state index contributed by atoms with van der Waals surface area (Å²) in [6.07, 6.45) is 1.68. The Morgan fingerprint density at radius 3 is 3.06 bits per heavy atom. The first-order valence-electron chi connectivity index (χ1n) is 4.96. The second kappa shape index (κ2) is 6.62. The van der Waals surface area contributed by atoms with Gasteiger partial charge in [-0.2, -0.15) is 0 Å². The fourth-order valence-electron chi connectivity index (χ4n) is 1.24. The molecule has 0 radical (unpaired) electrons. The molecule has 0 bridgehead atoms. The van der Waals surface area contributed by atoms with Crippen molar-refractivity contribution in [2.45, 2.75) is 6.54 Å². The molecule has 0 aliphatic heterocycles. The van der Waals surface area contributed by atoms with Gasteiger partial charge in [-0.25, -0.2) is 9.78 Å². The lowest BCUT2D eigenvalue weighted by Crippen LogP contribution is -2.35. The third-order valence-electron chi connectivity index (χ3n) is 1.96. The largest absolute Gasteiger partial charge is 0.481 e. The van der Waals surface area contributed by atoms with Crippen molar-refractivity contribution >= 4 is 6.03 Å². The van der Waals surface area contributed by atoms with E-state index >= 15 is 0 Å². The van der Waals surface area contributed by atoms with Crippen molar-refractivity contribution in [2.24, 2.45) is 5.73 Å². The number of hydrogen-bond donors (Lipinski definition) is 3. The van der Waals surface area contributed by atoms with Crippen molar-refractivity contribution < 1.29 is 9.53 Å². The van der Waals surface area contributed by atoms with E-state index in [-0.39, 0.29) is 0 Å². The molecule has 6 heteroatoms. The molecule has 0 unspecified atom stereocenters. The lowest BCUT2D eigenvalue weighted by atomic mass is 10.2. The van der Waals surface area contributed by atoms with Crippen LogP contribution >= 0.6 is 0 Å². The first kappa shape index (κ1) is 12.3. The summed E-state index contributed by atoms with van der Waals surface area (Å²) in [6.45, 7) is 1.77. The molecule has 0 aliphatic rings. The number of urea groups is 1. The van der Waals surface area contributed by atoms with E-state index in [4.69, 9.17) is 10.5 Å². The van der Waals surface area contributed by atoms with Crippen LogP contribution in [0.5, 0.6) is 5.88 Å². The number of primary amides is 1. The fraction of sp³-hybridized carbons (Fsp3) is 0.400. The number of carbonyl (C=O) groups is 1. The number of methoxy groups -OCH3 is 1. The van der Waals surface area contributed by atoms with Gasteiger partial charge in [-0.05, 0) is 6.07 Å². The molecule has 4 N–H and O–H groups in total. The van der Waals surface area contributed by atoms with Gasteiger partial charge in [0.1, 0.15) is 0 Å². The summed E-state index contributed by atoms with van der Waals surface area (Å²) in [6, 6.07) is 3.27. The van der Waals surface area contributed by atoms with Crippen LogP contribution in [-0.4, -0.2) is 31.2 Å². The number of pyridine rings is 1. The standard InChI is InChI=1S/C10H16N4O2/c1-16-9-8(3-2-4-13-9)7-12-5-6-14-10(11)15/h2-4,12H,5-7H2,1H3,(H3,11,14,15). The van der Waals surface area contributed by atoms with Gasteiger partial charge in [-0.15, -0.1) is 0 Å². The van der Waals surface area contributed by atoms with Crippen LogP contribution in [0.15, 0.2) is 18.3 Å². The molecule has 1 heterocycles. The molecule has 0 aliphatic carbocycles. The summed E-state index contributed by atoms with van der Waals surface area (Å²) in [5.41, 5.74) is 5.90. The number of carbonyl (C=O) groups excluding carboxylic acids is 1. The van der Waals surface area contributed by atoms with Gasteiger partial charge in [0.2, 0.25) is 5.88 Å². The summed E-state index contributed by atoms with van der Waals surface area (Å²) >= 11 is 0. The zero-order valence-corrected chi connectivity index (χ0v) is 9.19. The van der Waals surface area contributed by atoms with Gasteiger partial charge in [-0.1, -0.05) is 6.07 Å². The Kier molecular flexibility index (Phi) is 5.07. The molecular weight excluding hydrogens is 208 g/mol. The Balaban J connectivity index is 2.28. The van der Waals surface area contributed by atoms with Crippen LogP contribution in [0.3, 0.4) is 0 Å². The maximum absolute atomic E-state index is 10.4. The molecule has 1 rings (SSSR count). The molecule has 0 fully saturated rings. The Hall–Kier alpha value is -1.82. The monoisotopic (exact) mass is 224 g/mol. The number of nitrogens with zero attached hydrogens (tertiary/aromatic N) is 1. The molecule has 16 heavy (non-hydrogen) atoms. The number of nitrogens with two attached hydrogens (primary N) is 1. The summed E-state index contributed by atoms with van der Waals surface area (Å²) in [4.78, 5) is 14.5. The van der Waals surface area contributed by atoms with Crippen LogP contribution in [0.4, 0.5) is 4.79 Å². The predicted octanol–water partition coefficient (Wildman–Crippen LogP) is -0.152. The van der Waals surface area contributed by atoms with Crippen molar-refractivity contribution in [3.8, 4) is 5.88 Å². The molecule has 0 spiro atoms. The highest BCUT2D eigenvalue weighted by molar-refractivity contribution is 5.71. The minimum Gasteiger partial charge on any atom is -0.481 e. The number of nitrogens with one attached hydrogen (secondary N) is 2. The van der Waals surface area contributed by atoms with Gasteiger partial charge in [0.15, 0.2) is 0 Å². The van der Waals surface area contributed by atoms with E-state index in [1.807, 2.05) is 12.1 Å². The smallest absolute Gasteiger partial charge is 0.312 e. The molecule has 2 amide bonds. The molecule has 1 aromatic rings. The third kappa shape index (κ3) is 4.14. The van der Waals surface area contributed by atoms with Gasteiger partial charge in [0.25, 0.3) is 0 Å². The highest BCUT2D eigenvalue weighted by Gasteiger charge is 2.01. The van der Waals surface area contributed by atoms with Crippen LogP contribution in [0, 0.1) is 0 Å². The second-order valence-corrected chi connectivity index (χ2v) is 3.14. The van der Waals surface area contributed by atoms with Crippen molar-refractivity contribution in [1.29, 1.82) is 0 Å². The van der Waals surface area contributed by atoms with E-state index in [2.05, 4.69) is 15.6 Å². The van der Waals surface area contributed by atoms with Crippen molar-refractivity contribution in [3.05, 3.63) is 23.9 Å². The number of rotatable bonds is 6. The summed E-state index contributed by atoms with van der Waals surface area (Å²) in [5.74, 6) is 0.609. The van der Waals surface area contributed by atoms with E-state index in [9.17, 15) is 4.79 Å². The Bertz CT molecular complexity index is 343. The Labute approximate surface area is 94.2 Å². The normalized spacial score (nSPS) is 9.81. The van der Waals surface area contributed by atoms with Gasteiger partial charge in [-0.3, -0.25) is 0 Å². The fourth-order valence-corrected chi connectivity index (χ4v) is 1.24. The number of amides is 2. The molecule has 0 aromatic carbocycles. The lowest BCUT2D eigenvalue weighted by Gasteiger charge is -2.08. The molecule has 6 nitrogen and oxygen atoms in total. The first-order chi connectivity index (χ1) is 7.74. The van der Waals surface area contributed by atoms with E-state index in [1.165, 1.54) is 0 Å². The Morgan fingerprint density at radius 1 is 1.56 bits per heavy atom. The van der Waals surface area contributed by atoms with Crippen molar-refractivity contribution in [1.82, 2.24) is 15.6 Å². The van der Waals surface area contributed by atoms with Gasteiger partial charge >= 0.3 is 6.03 Å². The van der Waals surface area contributed by atoms with Gasteiger partial charge < -0.3 is 21.1 Å². The minimum absolute atomic E-state index is 0.498. The first-order valence-corrected chi connectivity index (χ1v) is 4.96. The van der Waals surface area contributed by atoms with E-state index in [1.54, 1.807) is 13.3 Å². The van der Waals surface area contributed by atoms with Crippen molar-refractivity contribution in [2.75, 3.05) is 20.2 Å². The predicted molar refractivity (Wildman–Crippen MR) is 60.1 cm³/mol. The number of hydrogen-bond acceptors (Lipinski definition) is 4. The molecular formula is C10H16N4O2. The zero-order chi connectivity index (χ0) is 11.8. The second-order valence-electron chi connectivity index (χ2n) is 3.14. The highest BCUT2D eigenvalue weighted by atomic mass is 16.5. The third-order valence-corrected chi connectivity index (χ3v) is 1.96. The molecule has 0 atom stereocenters. The quantitative estimate of drug-likeness (QED) is 0.586. The van der Waals surface area contributed by atoms with E-state index in [0.717, 1.165) is 5.56 Å². The maximum atomic E-state index is 10.4. The maximum Gasteiger partial charge on any atom is 0.312 e. The van der Waals surface area contributed by atoms with E-state index in [0.29, 0.717) is 25.5 Å². The van der Waals surface area contributed by atoms with Gasteiger partial charge in [0.05, 0.1) is 7.11 Å². The average molecular weight is 224 g/mol. The van der Waals surface area contributed by atoms with Gasteiger partial charge in [0, 0.05) is 31.4 Å². The SMILES string of the molecule is COc1ncccc1CNCCNC(N)=O. The van der Waals surface area contributed by atoms with E-state index < -0.39 is 6.03 Å². The number of ether oxygens (including phenoxy) is 1. The van der Waals surface area contributed by atoms with Crippen LogP contribution in [-0.2, 0) is 6.54 Å². The molecule has 0 saturated carbocycles. The topological polar surface area (TPSA) is 89.3 Å². The van der Waals surface area contributed by atoms with Crippen LogP contribution in [0.25, 0.3) is 0 Å². The summed E-state index contributed by atoms with van der Waals surface area (Å²) < 4.78 is 5.10. The molecule has 88 valence electrons. The molecule has 1 aromatic heterocycles. The highest BCUT2D eigenvalue weighted by Crippen LogP contribution is 2.12. The van der Waals surface area contributed by atoms with Crippen molar-refractivity contribution in [3.63, 3.8) is 0 Å². The van der Waals surface area contributed by atoms with Crippen LogP contribution < -0.4 is 21.1 Å². The lowest BCUT2D eigenvalue weighted by molar-refractivity contribution is 0.249. The molecule has 0 saturated heterocycles. The average Bonchev–Trinajstić information content (AvgIpc) is 2.29. The summed E-state index contributed by atoms with van der Waals surface area (Å²) in [5, 5.41) is 5.63. The van der Waals surface area contributed by atoms with Crippen LogP contribution in [0.2, 0.25) is 0 Å². The van der Waals surface area contributed by atoms with Crippen LogP contribution in [0.1, 0.15) is 5.56 Å². The Morgan fingerprint density at radius 2 is 2.38 bits per heavy atom.